The Morgan fingerprint density at radius 3 is 2.94 bits per heavy atom. The third-order valence-corrected chi connectivity index (χ3v) is 4.15. The van der Waals surface area contributed by atoms with E-state index >= 15 is 0 Å². The highest BCUT2D eigenvalue weighted by atomic mass is 32.2. The quantitative estimate of drug-likeness (QED) is 0.842. The first-order valence-electron chi connectivity index (χ1n) is 5.30. The van der Waals surface area contributed by atoms with Crippen LogP contribution >= 0.6 is 0 Å². The number of sulfonamides is 1. The molecule has 0 aromatic carbocycles. The molecule has 0 spiro atoms. The molecular formula is C10H14FN3O2S. The van der Waals surface area contributed by atoms with Crippen LogP contribution in [0.15, 0.2) is 23.4 Å². The van der Waals surface area contributed by atoms with E-state index < -0.39 is 20.9 Å². The SMILES string of the molecule is CN1CCC(NS(=O)(=O)c2ncccc2F)C1. The molecule has 7 heteroatoms. The summed E-state index contributed by atoms with van der Waals surface area (Å²) in [6, 6.07) is 2.27. The van der Waals surface area contributed by atoms with Gasteiger partial charge < -0.3 is 4.90 Å². The zero-order valence-corrected chi connectivity index (χ0v) is 10.2. The van der Waals surface area contributed by atoms with Crippen LogP contribution in [-0.4, -0.2) is 44.5 Å². The second-order valence-corrected chi connectivity index (χ2v) is 5.79. The molecule has 1 aliphatic rings. The summed E-state index contributed by atoms with van der Waals surface area (Å²) in [5, 5.41) is -0.533. The predicted octanol–water partition coefficient (Wildman–Crippen LogP) is 0.203. The van der Waals surface area contributed by atoms with Gasteiger partial charge in [-0.15, -0.1) is 0 Å². The summed E-state index contributed by atoms with van der Waals surface area (Å²) in [6.45, 7) is 1.46. The number of halogens is 1. The number of nitrogens with one attached hydrogen (secondary N) is 1. The molecule has 2 rings (SSSR count). The maximum absolute atomic E-state index is 13.3. The maximum atomic E-state index is 13.3. The molecule has 0 amide bonds. The zero-order valence-electron chi connectivity index (χ0n) is 9.43. The van der Waals surface area contributed by atoms with E-state index in [2.05, 4.69) is 9.71 Å². The topological polar surface area (TPSA) is 62.3 Å². The van der Waals surface area contributed by atoms with Crippen molar-refractivity contribution in [3.05, 3.63) is 24.1 Å². The lowest BCUT2D eigenvalue weighted by molar-refractivity contribution is 0.407. The number of hydrogen-bond donors (Lipinski definition) is 1. The van der Waals surface area contributed by atoms with E-state index in [0.29, 0.717) is 6.54 Å². The molecule has 1 aliphatic heterocycles. The smallest absolute Gasteiger partial charge is 0.261 e. The second kappa shape index (κ2) is 4.67. The lowest BCUT2D eigenvalue weighted by Crippen LogP contribution is -2.37. The Morgan fingerprint density at radius 2 is 2.35 bits per heavy atom. The molecule has 1 saturated heterocycles. The summed E-state index contributed by atoms with van der Waals surface area (Å²) in [7, 11) is -1.95. The van der Waals surface area contributed by atoms with Crippen LogP contribution in [0.2, 0.25) is 0 Å². The Labute approximate surface area is 99.7 Å². The highest BCUT2D eigenvalue weighted by molar-refractivity contribution is 7.89. The Balaban J connectivity index is 2.17. The van der Waals surface area contributed by atoms with Crippen LogP contribution in [0.4, 0.5) is 4.39 Å². The summed E-state index contributed by atoms with van der Waals surface area (Å²) >= 11 is 0. The van der Waals surface area contributed by atoms with Gasteiger partial charge in [-0.25, -0.2) is 22.5 Å². The number of nitrogens with zero attached hydrogens (tertiary/aromatic N) is 2. The summed E-state index contributed by atoms with van der Waals surface area (Å²) in [4.78, 5) is 5.59. The monoisotopic (exact) mass is 259 g/mol. The van der Waals surface area contributed by atoms with Gasteiger partial charge in [-0.2, -0.15) is 0 Å². The van der Waals surface area contributed by atoms with Crippen LogP contribution in [0.25, 0.3) is 0 Å². The van der Waals surface area contributed by atoms with E-state index in [1.807, 2.05) is 11.9 Å². The predicted molar refractivity (Wildman–Crippen MR) is 60.4 cm³/mol. The number of hydrogen-bond acceptors (Lipinski definition) is 4. The van der Waals surface area contributed by atoms with Gasteiger partial charge in [0.1, 0.15) is 0 Å². The van der Waals surface area contributed by atoms with Gasteiger partial charge in [0, 0.05) is 18.8 Å². The molecule has 94 valence electrons. The minimum Gasteiger partial charge on any atom is -0.305 e. The van der Waals surface area contributed by atoms with E-state index in [-0.39, 0.29) is 6.04 Å². The summed E-state index contributed by atoms with van der Waals surface area (Å²) < 4.78 is 39.6. The van der Waals surface area contributed by atoms with Gasteiger partial charge in [0.25, 0.3) is 10.0 Å². The fourth-order valence-corrected chi connectivity index (χ4v) is 3.14. The Morgan fingerprint density at radius 1 is 1.59 bits per heavy atom. The fraction of sp³-hybridized carbons (Fsp3) is 0.500. The van der Waals surface area contributed by atoms with Crippen LogP contribution in [0, 0.1) is 5.82 Å². The van der Waals surface area contributed by atoms with Crippen LogP contribution in [-0.2, 0) is 10.0 Å². The van der Waals surface area contributed by atoms with Crippen LogP contribution in [0.5, 0.6) is 0 Å². The van der Waals surface area contributed by atoms with E-state index in [9.17, 15) is 12.8 Å². The Hall–Kier alpha value is -1.05. The molecule has 1 atom stereocenters. The molecule has 1 unspecified atom stereocenters. The highest BCUT2D eigenvalue weighted by Gasteiger charge is 2.27. The summed E-state index contributed by atoms with van der Waals surface area (Å²) in [5.41, 5.74) is 0. The molecule has 1 aromatic rings. The highest BCUT2D eigenvalue weighted by Crippen LogP contribution is 2.13. The molecule has 2 heterocycles. The third-order valence-electron chi connectivity index (χ3n) is 2.69. The molecule has 1 aromatic heterocycles. The van der Waals surface area contributed by atoms with Crippen molar-refractivity contribution >= 4 is 10.0 Å². The van der Waals surface area contributed by atoms with Crippen molar-refractivity contribution in [2.75, 3.05) is 20.1 Å². The van der Waals surface area contributed by atoms with E-state index in [4.69, 9.17) is 0 Å². The lowest BCUT2D eigenvalue weighted by atomic mass is 10.3. The molecule has 5 nitrogen and oxygen atoms in total. The van der Waals surface area contributed by atoms with E-state index in [1.54, 1.807) is 0 Å². The summed E-state index contributed by atoms with van der Waals surface area (Å²) in [5.74, 6) is -0.827. The van der Waals surface area contributed by atoms with E-state index in [0.717, 1.165) is 19.0 Å². The average molecular weight is 259 g/mol. The molecule has 0 bridgehead atoms. The first-order chi connectivity index (χ1) is 7.99. The third kappa shape index (κ3) is 2.80. The molecule has 0 saturated carbocycles. The molecule has 1 N–H and O–H groups in total. The first-order valence-corrected chi connectivity index (χ1v) is 6.79. The van der Waals surface area contributed by atoms with Gasteiger partial charge >= 0.3 is 0 Å². The number of pyridine rings is 1. The van der Waals surface area contributed by atoms with Crippen molar-refractivity contribution in [2.45, 2.75) is 17.5 Å². The van der Waals surface area contributed by atoms with Crippen molar-refractivity contribution in [1.82, 2.24) is 14.6 Å². The number of aromatic nitrogens is 1. The Bertz CT molecular complexity index is 506. The van der Waals surface area contributed by atoms with Gasteiger partial charge in [-0.3, -0.25) is 0 Å². The molecule has 0 radical (unpaired) electrons. The molecular weight excluding hydrogens is 245 g/mol. The van der Waals surface area contributed by atoms with Gasteiger partial charge in [0.2, 0.25) is 5.03 Å². The Kier molecular flexibility index (Phi) is 3.41. The maximum Gasteiger partial charge on any atom is 0.261 e. The zero-order chi connectivity index (χ0) is 12.5. The van der Waals surface area contributed by atoms with E-state index in [1.165, 1.54) is 12.3 Å². The van der Waals surface area contributed by atoms with Gasteiger partial charge in [0.15, 0.2) is 5.82 Å². The van der Waals surface area contributed by atoms with Crippen molar-refractivity contribution in [2.24, 2.45) is 0 Å². The minimum absolute atomic E-state index is 0.175. The normalized spacial score (nSPS) is 21.9. The minimum atomic E-state index is -3.86. The van der Waals surface area contributed by atoms with Crippen LogP contribution in [0.1, 0.15) is 6.42 Å². The molecule has 1 fully saturated rings. The standard InChI is InChI=1S/C10H14FN3O2S/c1-14-6-4-8(7-14)13-17(15,16)10-9(11)3-2-5-12-10/h2-3,5,8,13H,4,6-7H2,1H3. The summed E-state index contributed by atoms with van der Waals surface area (Å²) in [6.07, 6.45) is 1.99. The molecule has 0 aliphatic carbocycles. The average Bonchev–Trinajstić information content (AvgIpc) is 2.63. The van der Waals surface area contributed by atoms with Crippen molar-refractivity contribution in [1.29, 1.82) is 0 Å². The van der Waals surface area contributed by atoms with Crippen molar-refractivity contribution in [3.63, 3.8) is 0 Å². The van der Waals surface area contributed by atoms with Gasteiger partial charge in [-0.05, 0) is 32.1 Å². The number of likely N-dealkylation sites (tertiary alicyclic amines) is 1. The van der Waals surface area contributed by atoms with Gasteiger partial charge in [0.05, 0.1) is 0 Å². The number of likely N-dealkylation sites (N-methyl/N-ethyl adjacent to an activating group) is 1. The van der Waals surface area contributed by atoms with Crippen LogP contribution in [0.3, 0.4) is 0 Å². The lowest BCUT2D eigenvalue weighted by Gasteiger charge is -2.12. The second-order valence-electron chi connectivity index (χ2n) is 4.16. The molecule has 17 heavy (non-hydrogen) atoms. The fourth-order valence-electron chi connectivity index (χ4n) is 1.88. The van der Waals surface area contributed by atoms with Crippen molar-refractivity contribution in [3.8, 4) is 0 Å². The first kappa shape index (κ1) is 12.4. The van der Waals surface area contributed by atoms with Gasteiger partial charge in [-0.1, -0.05) is 0 Å². The van der Waals surface area contributed by atoms with Crippen LogP contribution < -0.4 is 4.72 Å². The van der Waals surface area contributed by atoms with Crippen molar-refractivity contribution < 1.29 is 12.8 Å². The number of rotatable bonds is 3. The largest absolute Gasteiger partial charge is 0.305 e.